The van der Waals surface area contributed by atoms with Crippen molar-refractivity contribution in [3.8, 4) is 0 Å². The van der Waals surface area contributed by atoms with Crippen LogP contribution in [0, 0.1) is 6.92 Å². The lowest BCUT2D eigenvalue weighted by atomic mass is 10.1. The van der Waals surface area contributed by atoms with Gasteiger partial charge < -0.3 is 5.32 Å². The highest BCUT2D eigenvalue weighted by Crippen LogP contribution is 2.25. The third-order valence-electron chi connectivity index (χ3n) is 4.34. The molecule has 0 saturated carbocycles. The van der Waals surface area contributed by atoms with E-state index in [1.54, 1.807) is 29.0 Å². The van der Waals surface area contributed by atoms with Crippen molar-refractivity contribution < 1.29 is 4.79 Å². The van der Waals surface area contributed by atoms with Crippen molar-refractivity contribution in [3.63, 3.8) is 0 Å². The molecule has 142 valence electrons. The summed E-state index contributed by atoms with van der Waals surface area (Å²) in [7, 11) is 0. The number of hydrogen-bond donors (Lipinski definition) is 1. The van der Waals surface area contributed by atoms with Gasteiger partial charge in [-0.25, -0.2) is 15.0 Å². The van der Waals surface area contributed by atoms with E-state index in [1.165, 1.54) is 10.4 Å². The fourth-order valence-corrected chi connectivity index (χ4v) is 4.81. The summed E-state index contributed by atoms with van der Waals surface area (Å²) in [6.45, 7) is 2.81. The quantitative estimate of drug-likeness (QED) is 0.466. The maximum atomic E-state index is 12.3. The van der Waals surface area contributed by atoms with Crippen LogP contribution >= 0.6 is 22.7 Å². The summed E-state index contributed by atoms with van der Waals surface area (Å²) in [5, 5.41) is 6.29. The zero-order valence-electron chi connectivity index (χ0n) is 15.5. The van der Waals surface area contributed by atoms with Crippen molar-refractivity contribution in [2.75, 3.05) is 11.9 Å². The van der Waals surface area contributed by atoms with Gasteiger partial charge in [0.2, 0.25) is 0 Å². The molecule has 4 rings (SSSR count). The molecule has 0 radical (unpaired) electrons. The van der Waals surface area contributed by atoms with Gasteiger partial charge in [-0.1, -0.05) is 29.8 Å². The summed E-state index contributed by atoms with van der Waals surface area (Å²) < 4.78 is 1.08. The SMILES string of the molecule is Cc1cccc(CC(=O)Cc2ncc(CCNc3ncnc4ccsc34)s2)c1. The molecule has 0 aliphatic heterocycles. The van der Waals surface area contributed by atoms with Gasteiger partial charge >= 0.3 is 0 Å². The molecular weight excluding hydrogens is 388 g/mol. The Labute approximate surface area is 171 Å². The minimum Gasteiger partial charge on any atom is -0.368 e. The molecule has 5 nitrogen and oxygen atoms in total. The van der Waals surface area contributed by atoms with E-state index in [1.807, 2.05) is 42.8 Å². The Bertz CT molecular complexity index is 1100. The van der Waals surface area contributed by atoms with Gasteiger partial charge in [0, 0.05) is 30.5 Å². The van der Waals surface area contributed by atoms with Gasteiger partial charge in [0.15, 0.2) is 0 Å². The van der Waals surface area contributed by atoms with E-state index in [-0.39, 0.29) is 5.78 Å². The first-order valence-electron chi connectivity index (χ1n) is 9.10. The Morgan fingerprint density at radius 3 is 2.96 bits per heavy atom. The number of carbonyl (C=O) groups is 1. The van der Waals surface area contributed by atoms with Crippen molar-refractivity contribution in [1.29, 1.82) is 0 Å². The summed E-state index contributed by atoms with van der Waals surface area (Å²) in [6.07, 6.45) is 5.17. The van der Waals surface area contributed by atoms with Crippen LogP contribution in [0.1, 0.15) is 21.0 Å². The predicted octanol–water partition coefficient (Wildman–Crippen LogP) is 4.47. The van der Waals surface area contributed by atoms with Crippen LogP contribution in [-0.2, 0) is 24.1 Å². The number of rotatable bonds is 8. The molecule has 0 saturated heterocycles. The van der Waals surface area contributed by atoms with Crippen LogP contribution in [0.15, 0.2) is 48.2 Å². The predicted molar refractivity (Wildman–Crippen MR) is 115 cm³/mol. The second-order valence-corrected chi connectivity index (χ2v) is 8.75. The summed E-state index contributed by atoms with van der Waals surface area (Å²) in [5.74, 6) is 1.07. The molecule has 0 spiro atoms. The van der Waals surface area contributed by atoms with Gasteiger partial charge in [0.25, 0.3) is 0 Å². The number of Topliss-reactive ketones (excluding diaryl/α,β-unsaturated/α-hetero) is 1. The van der Waals surface area contributed by atoms with Gasteiger partial charge in [-0.3, -0.25) is 4.79 Å². The molecular formula is C21H20N4OS2. The maximum absolute atomic E-state index is 12.3. The summed E-state index contributed by atoms with van der Waals surface area (Å²) in [6, 6.07) is 10.1. The number of carbonyl (C=O) groups excluding carboxylic acids is 1. The maximum Gasteiger partial charge on any atom is 0.147 e. The zero-order chi connectivity index (χ0) is 19.3. The van der Waals surface area contributed by atoms with Crippen LogP contribution < -0.4 is 5.32 Å². The third kappa shape index (κ3) is 4.61. The average Bonchev–Trinajstić information content (AvgIpc) is 3.31. The first-order valence-corrected chi connectivity index (χ1v) is 10.8. The Morgan fingerprint density at radius 2 is 2.07 bits per heavy atom. The van der Waals surface area contributed by atoms with Crippen LogP contribution in [0.4, 0.5) is 5.82 Å². The number of nitrogens with one attached hydrogen (secondary N) is 1. The van der Waals surface area contributed by atoms with E-state index in [4.69, 9.17) is 0 Å². The number of nitrogens with zero attached hydrogens (tertiary/aromatic N) is 3. The molecule has 7 heteroatoms. The minimum absolute atomic E-state index is 0.200. The Balaban J connectivity index is 1.29. The van der Waals surface area contributed by atoms with Gasteiger partial charge in [-0.05, 0) is 23.9 Å². The van der Waals surface area contributed by atoms with Crippen LogP contribution in [0.2, 0.25) is 0 Å². The Kier molecular flexibility index (Phi) is 5.73. The number of thiophene rings is 1. The molecule has 3 heterocycles. The van der Waals surface area contributed by atoms with Gasteiger partial charge in [-0.15, -0.1) is 22.7 Å². The summed E-state index contributed by atoms with van der Waals surface area (Å²) in [4.78, 5) is 26.5. The monoisotopic (exact) mass is 408 g/mol. The second-order valence-electron chi connectivity index (χ2n) is 6.64. The number of thiazole rings is 1. The molecule has 0 amide bonds. The first kappa shape index (κ1) is 18.7. The Hall–Kier alpha value is -2.64. The lowest BCUT2D eigenvalue weighted by Crippen LogP contribution is -2.06. The van der Waals surface area contributed by atoms with E-state index >= 15 is 0 Å². The number of anilines is 1. The zero-order valence-corrected chi connectivity index (χ0v) is 17.1. The van der Waals surface area contributed by atoms with Crippen molar-refractivity contribution in [2.24, 2.45) is 0 Å². The smallest absolute Gasteiger partial charge is 0.147 e. The molecule has 0 bridgehead atoms. The lowest BCUT2D eigenvalue weighted by molar-refractivity contribution is -0.117. The molecule has 0 aliphatic carbocycles. The van der Waals surface area contributed by atoms with Crippen LogP contribution in [0.3, 0.4) is 0 Å². The van der Waals surface area contributed by atoms with E-state index in [0.29, 0.717) is 12.8 Å². The van der Waals surface area contributed by atoms with Crippen molar-refractivity contribution in [2.45, 2.75) is 26.2 Å². The summed E-state index contributed by atoms with van der Waals surface area (Å²) in [5.41, 5.74) is 3.21. The Morgan fingerprint density at radius 1 is 1.14 bits per heavy atom. The highest BCUT2D eigenvalue weighted by atomic mass is 32.1. The normalized spacial score (nSPS) is 11.0. The van der Waals surface area contributed by atoms with Crippen LogP contribution in [0.5, 0.6) is 0 Å². The van der Waals surface area contributed by atoms with E-state index in [9.17, 15) is 4.79 Å². The number of benzene rings is 1. The molecule has 0 atom stereocenters. The summed E-state index contributed by atoms with van der Waals surface area (Å²) >= 11 is 3.25. The molecule has 1 N–H and O–H groups in total. The average molecular weight is 409 g/mol. The number of fused-ring (bicyclic) bond motifs is 1. The fraction of sp³-hybridized carbons (Fsp3) is 0.238. The molecule has 3 aromatic heterocycles. The van der Waals surface area contributed by atoms with Gasteiger partial charge in [0.05, 0.1) is 16.6 Å². The molecule has 1 aromatic carbocycles. The second kappa shape index (κ2) is 8.58. The highest BCUT2D eigenvalue weighted by molar-refractivity contribution is 7.17. The van der Waals surface area contributed by atoms with Crippen LogP contribution in [-0.4, -0.2) is 27.3 Å². The van der Waals surface area contributed by atoms with Crippen molar-refractivity contribution >= 4 is 44.5 Å². The highest BCUT2D eigenvalue weighted by Gasteiger charge is 2.10. The number of aromatic nitrogens is 3. The van der Waals surface area contributed by atoms with Gasteiger partial charge in [-0.2, -0.15) is 0 Å². The molecule has 4 aromatic rings. The topological polar surface area (TPSA) is 67.8 Å². The molecule has 28 heavy (non-hydrogen) atoms. The van der Waals surface area contributed by atoms with Crippen molar-refractivity contribution in [1.82, 2.24) is 15.0 Å². The van der Waals surface area contributed by atoms with E-state index in [0.717, 1.165) is 39.6 Å². The largest absolute Gasteiger partial charge is 0.368 e. The van der Waals surface area contributed by atoms with Crippen molar-refractivity contribution in [3.05, 3.63) is 69.2 Å². The number of ketones is 1. The number of aryl methyl sites for hydroxylation is 1. The third-order valence-corrected chi connectivity index (χ3v) is 6.31. The van der Waals surface area contributed by atoms with Gasteiger partial charge in [0.1, 0.15) is 22.9 Å². The molecule has 0 unspecified atom stereocenters. The van der Waals surface area contributed by atoms with E-state index < -0.39 is 0 Å². The minimum atomic E-state index is 0.200. The van der Waals surface area contributed by atoms with E-state index in [2.05, 4.69) is 26.3 Å². The van der Waals surface area contributed by atoms with Crippen LogP contribution in [0.25, 0.3) is 10.2 Å². The molecule has 0 aliphatic rings. The standard InChI is InChI=1S/C21H20N4OS2/c1-14-3-2-4-15(9-14)10-16(26)11-19-23-12-17(28-19)5-7-22-21-20-18(6-8-27-20)24-13-25-21/h2-4,6,8-9,12-13H,5,7,10-11H2,1H3,(H,22,24,25). The lowest BCUT2D eigenvalue weighted by Gasteiger charge is -2.04. The molecule has 0 fully saturated rings. The first-order chi connectivity index (χ1) is 13.7. The number of hydrogen-bond acceptors (Lipinski definition) is 7. The fourth-order valence-electron chi connectivity index (χ4n) is 3.05.